The molecule has 1 heterocycles. The molecule has 1 saturated heterocycles. The van der Waals surface area contributed by atoms with Gasteiger partial charge in [-0.15, -0.1) is 0 Å². The molecular formula is C28H58NO4P. The Labute approximate surface area is 212 Å². The fraction of sp³-hybridized carbons (Fsp3) is 1.00. The van der Waals surface area contributed by atoms with Gasteiger partial charge in [-0.25, -0.2) is 0 Å². The lowest BCUT2D eigenvalue weighted by molar-refractivity contribution is -0.914. The number of unbranched alkanes of at least 4 members (excludes halogenated alkanes) is 17. The zero-order chi connectivity index (χ0) is 24.8. The van der Waals surface area contributed by atoms with Crippen LogP contribution in [0.25, 0.3) is 0 Å². The lowest BCUT2D eigenvalue weighted by Gasteiger charge is -2.38. The van der Waals surface area contributed by atoms with Gasteiger partial charge in [0.1, 0.15) is 13.2 Å². The first-order chi connectivity index (χ1) is 16.5. The van der Waals surface area contributed by atoms with Crippen molar-refractivity contribution in [3.63, 3.8) is 0 Å². The smallest absolute Gasteiger partial charge is 0.268 e. The highest BCUT2D eigenvalue weighted by atomic mass is 31.2. The molecule has 0 aromatic carbocycles. The lowest BCUT2D eigenvalue weighted by Crippen LogP contribution is -2.49. The molecule has 1 fully saturated rings. The van der Waals surface area contributed by atoms with E-state index in [0.717, 1.165) is 37.0 Å². The highest BCUT2D eigenvalue weighted by molar-refractivity contribution is 7.45. The number of hydrogen-bond donors (Lipinski definition) is 0. The van der Waals surface area contributed by atoms with Crippen molar-refractivity contribution in [3.05, 3.63) is 0 Å². The summed E-state index contributed by atoms with van der Waals surface area (Å²) < 4.78 is 23.0. The van der Waals surface area contributed by atoms with Gasteiger partial charge < -0.3 is 18.4 Å². The number of phosphoric acid groups is 1. The maximum Gasteiger partial charge on any atom is 0.268 e. The maximum absolute atomic E-state index is 11.9. The molecule has 5 nitrogen and oxygen atoms in total. The highest BCUT2D eigenvalue weighted by Gasteiger charge is 2.25. The Hall–Kier alpha value is 0.0700. The first kappa shape index (κ1) is 32.1. The van der Waals surface area contributed by atoms with Crippen LogP contribution in [0.3, 0.4) is 0 Å². The summed E-state index contributed by atoms with van der Waals surface area (Å²) in [4.78, 5) is 11.9. The van der Waals surface area contributed by atoms with E-state index in [-0.39, 0.29) is 13.2 Å². The van der Waals surface area contributed by atoms with Gasteiger partial charge in [-0.2, -0.15) is 0 Å². The fourth-order valence-electron chi connectivity index (χ4n) is 5.09. The molecule has 204 valence electrons. The standard InChI is InChI=1S/C28H58NO4P/c1-3-4-5-6-7-8-9-10-11-12-13-14-15-16-17-18-19-23-27-32-34(30,31)33-28-26-29(2)24-21-20-22-25-29/h3-28H2,1-2H3. The molecule has 0 saturated carbocycles. The van der Waals surface area contributed by atoms with E-state index in [1.54, 1.807) is 0 Å². The molecule has 1 atom stereocenters. The zero-order valence-corrected chi connectivity index (χ0v) is 23.8. The number of hydrogen-bond acceptors (Lipinski definition) is 4. The van der Waals surface area contributed by atoms with Crippen LogP contribution in [0, 0.1) is 0 Å². The molecule has 0 aromatic rings. The zero-order valence-electron chi connectivity index (χ0n) is 22.9. The van der Waals surface area contributed by atoms with Crippen LogP contribution in [0.2, 0.25) is 0 Å². The average Bonchev–Trinajstić information content (AvgIpc) is 2.80. The molecule has 34 heavy (non-hydrogen) atoms. The minimum absolute atomic E-state index is 0.233. The Kier molecular flexibility index (Phi) is 20.0. The van der Waals surface area contributed by atoms with Gasteiger partial charge in [0.15, 0.2) is 0 Å². The van der Waals surface area contributed by atoms with Crippen LogP contribution in [0.5, 0.6) is 0 Å². The summed E-state index contributed by atoms with van der Waals surface area (Å²) in [6, 6.07) is 0. The van der Waals surface area contributed by atoms with Crippen molar-refractivity contribution < 1.29 is 23.0 Å². The monoisotopic (exact) mass is 503 g/mol. The molecule has 0 aromatic heterocycles. The Morgan fingerprint density at radius 1 is 0.618 bits per heavy atom. The quantitative estimate of drug-likeness (QED) is 0.0757. The second-order valence-corrected chi connectivity index (χ2v) is 12.4. The number of nitrogens with zero attached hydrogens (tertiary/aromatic N) is 1. The van der Waals surface area contributed by atoms with Crippen LogP contribution >= 0.6 is 7.82 Å². The summed E-state index contributed by atoms with van der Waals surface area (Å²) in [5.74, 6) is 0. The van der Waals surface area contributed by atoms with Crippen LogP contribution in [0.4, 0.5) is 0 Å². The van der Waals surface area contributed by atoms with E-state index in [1.165, 1.54) is 122 Å². The third-order valence-electron chi connectivity index (χ3n) is 7.52. The Bertz CT molecular complexity index is 497. The topological polar surface area (TPSA) is 58.6 Å². The molecule has 1 rings (SSSR count). The van der Waals surface area contributed by atoms with Gasteiger partial charge in [-0.05, 0) is 25.7 Å². The molecule has 1 unspecified atom stereocenters. The van der Waals surface area contributed by atoms with E-state index < -0.39 is 7.82 Å². The van der Waals surface area contributed by atoms with Crippen molar-refractivity contribution in [2.45, 2.75) is 142 Å². The summed E-state index contributed by atoms with van der Waals surface area (Å²) in [6.07, 6.45) is 27.6. The van der Waals surface area contributed by atoms with Crippen molar-refractivity contribution in [2.24, 2.45) is 0 Å². The number of likely N-dealkylation sites (tertiary alicyclic amines) is 1. The van der Waals surface area contributed by atoms with Crippen molar-refractivity contribution >= 4 is 7.82 Å². The third-order valence-corrected chi connectivity index (χ3v) is 8.52. The molecule has 0 aliphatic carbocycles. The van der Waals surface area contributed by atoms with Gasteiger partial charge in [0.25, 0.3) is 7.82 Å². The number of piperidine rings is 1. The Morgan fingerprint density at radius 3 is 1.44 bits per heavy atom. The van der Waals surface area contributed by atoms with E-state index in [1.807, 2.05) is 0 Å². The first-order valence-corrected chi connectivity index (χ1v) is 16.4. The summed E-state index contributed by atoms with van der Waals surface area (Å²) in [5.41, 5.74) is 0. The molecular weight excluding hydrogens is 445 g/mol. The third kappa shape index (κ3) is 19.3. The number of rotatable bonds is 24. The van der Waals surface area contributed by atoms with Crippen molar-refractivity contribution in [1.82, 2.24) is 0 Å². The number of likely N-dealkylation sites (N-methyl/N-ethyl adjacent to an activating group) is 1. The van der Waals surface area contributed by atoms with Gasteiger partial charge in [0.05, 0.1) is 26.7 Å². The minimum atomic E-state index is -4.14. The van der Waals surface area contributed by atoms with Crippen LogP contribution in [-0.4, -0.2) is 44.4 Å². The van der Waals surface area contributed by atoms with Gasteiger partial charge in [0.2, 0.25) is 0 Å². The second kappa shape index (κ2) is 21.2. The molecule has 0 bridgehead atoms. The predicted molar refractivity (Wildman–Crippen MR) is 143 cm³/mol. The largest absolute Gasteiger partial charge is 0.756 e. The lowest BCUT2D eigenvalue weighted by atomic mass is 10.0. The normalized spacial score (nSPS) is 17.6. The van der Waals surface area contributed by atoms with Gasteiger partial charge in [-0.1, -0.05) is 116 Å². The van der Waals surface area contributed by atoms with E-state index in [0.29, 0.717) is 0 Å². The van der Waals surface area contributed by atoms with Crippen molar-refractivity contribution in [1.29, 1.82) is 0 Å². The molecule has 6 heteroatoms. The van der Waals surface area contributed by atoms with E-state index in [4.69, 9.17) is 9.05 Å². The van der Waals surface area contributed by atoms with E-state index in [2.05, 4.69) is 14.0 Å². The minimum Gasteiger partial charge on any atom is -0.756 e. The maximum atomic E-state index is 11.9. The fourth-order valence-corrected chi connectivity index (χ4v) is 5.82. The summed E-state index contributed by atoms with van der Waals surface area (Å²) in [7, 11) is -1.95. The molecule has 0 amide bonds. The van der Waals surface area contributed by atoms with Crippen LogP contribution in [0.15, 0.2) is 0 Å². The van der Waals surface area contributed by atoms with Crippen LogP contribution in [-0.2, 0) is 13.6 Å². The molecule has 0 spiro atoms. The second-order valence-electron chi connectivity index (χ2n) is 11.0. The molecule has 0 radical (unpaired) electrons. The Morgan fingerprint density at radius 2 is 1.00 bits per heavy atom. The van der Waals surface area contributed by atoms with Gasteiger partial charge in [0, 0.05) is 0 Å². The summed E-state index contributed by atoms with van der Waals surface area (Å²) >= 11 is 0. The van der Waals surface area contributed by atoms with E-state index in [9.17, 15) is 9.46 Å². The SMILES string of the molecule is CCCCCCCCCCCCCCCCCCCCOP(=O)([O-])OCC[N+]1(C)CCCCC1. The summed E-state index contributed by atoms with van der Waals surface area (Å²) in [5, 5.41) is 0. The van der Waals surface area contributed by atoms with Crippen LogP contribution < -0.4 is 4.89 Å². The van der Waals surface area contributed by atoms with Crippen molar-refractivity contribution in [3.8, 4) is 0 Å². The average molecular weight is 504 g/mol. The highest BCUT2D eigenvalue weighted by Crippen LogP contribution is 2.38. The van der Waals surface area contributed by atoms with E-state index >= 15 is 0 Å². The van der Waals surface area contributed by atoms with Gasteiger partial charge in [-0.3, -0.25) is 4.57 Å². The summed E-state index contributed by atoms with van der Waals surface area (Å²) in [6.45, 7) is 5.75. The molecule has 0 N–H and O–H groups in total. The van der Waals surface area contributed by atoms with Crippen LogP contribution in [0.1, 0.15) is 142 Å². The predicted octanol–water partition coefficient (Wildman–Crippen LogP) is 8.16. The molecule has 1 aliphatic rings. The van der Waals surface area contributed by atoms with Crippen molar-refractivity contribution in [2.75, 3.05) is 39.9 Å². The van der Waals surface area contributed by atoms with Gasteiger partial charge >= 0.3 is 0 Å². The number of phosphoric ester groups is 1. The molecule has 1 aliphatic heterocycles. The Balaban J connectivity index is 1.79. The number of quaternary nitrogens is 1. The first-order valence-electron chi connectivity index (χ1n) is 14.9.